The van der Waals surface area contributed by atoms with E-state index in [0.717, 1.165) is 16.7 Å². The average Bonchev–Trinajstić information content (AvgIpc) is 2.93. The Labute approximate surface area is 111 Å². The number of aromatic nitrogens is 2. The van der Waals surface area contributed by atoms with E-state index in [2.05, 4.69) is 10.5 Å². The number of rotatable bonds is 5. The van der Waals surface area contributed by atoms with Gasteiger partial charge in [0.2, 0.25) is 0 Å². The van der Waals surface area contributed by atoms with Crippen LogP contribution in [0.4, 0.5) is 0 Å². The molecule has 1 unspecified atom stereocenters. The van der Waals surface area contributed by atoms with Gasteiger partial charge in [-0.05, 0) is 12.8 Å². The summed E-state index contributed by atoms with van der Waals surface area (Å²) in [5.74, 6) is 6.57. The number of hydrazine groups is 1. The Morgan fingerprint density at radius 3 is 2.88 bits per heavy atom. The molecule has 4 nitrogen and oxygen atoms in total. The summed E-state index contributed by atoms with van der Waals surface area (Å²) in [5, 5.41) is 5.62. The van der Waals surface area contributed by atoms with Gasteiger partial charge in [0.25, 0.3) is 0 Å². The van der Waals surface area contributed by atoms with E-state index in [-0.39, 0.29) is 6.04 Å². The van der Waals surface area contributed by atoms with E-state index < -0.39 is 0 Å². The van der Waals surface area contributed by atoms with Crippen LogP contribution in [0.3, 0.4) is 0 Å². The van der Waals surface area contributed by atoms with Crippen LogP contribution < -0.4 is 11.3 Å². The van der Waals surface area contributed by atoms with Crippen LogP contribution in [0, 0.1) is 0 Å². The van der Waals surface area contributed by atoms with Crippen molar-refractivity contribution in [2.75, 3.05) is 5.75 Å². The highest BCUT2D eigenvalue weighted by Crippen LogP contribution is 2.33. The minimum absolute atomic E-state index is 0.0700. The maximum Gasteiger partial charge on any atom is 0.0834 e. The normalized spacial score (nSPS) is 18.8. The Hall–Kier alpha value is -0.230. The first-order chi connectivity index (χ1) is 8.22. The quantitative estimate of drug-likeness (QED) is 0.639. The van der Waals surface area contributed by atoms with Gasteiger partial charge in [-0.1, -0.05) is 24.4 Å². The van der Waals surface area contributed by atoms with E-state index in [0.29, 0.717) is 5.02 Å². The highest BCUT2D eigenvalue weighted by Gasteiger charge is 2.21. The molecule has 0 amide bonds. The van der Waals surface area contributed by atoms with Crippen molar-refractivity contribution in [1.29, 1.82) is 0 Å². The fraction of sp³-hybridized carbons (Fsp3) is 0.727. The zero-order valence-electron chi connectivity index (χ0n) is 10.0. The predicted octanol–water partition coefficient (Wildman–Crippen LogP) is 2.25. The number of halogens is 1. The molecule has 0 saturated heterocycles. The van der Waals surface area contributed by atoms with Crippen LogP contribution in [0.5, 0.6) is 0 Å². The van der Waals surface area contributed by atoms with E-state index in [1.54, 1.807) is 10.9 Å². The van der Waals surface area contributed by atoms with Crippen LogP contribution in [0.15, 0.2) is 6.20 Å². The number of thioether (sulfide) groups is 1. The standard InChI is InChI=1S/C11H19ClN4S/c1-16-11(9(12)6-14-16)10(15-13)7-17-8-4-2-3-5-8/h6,8,10,15H,2-5,7,13H2,1H3. The van der Waals surface area contributed by atoms with Crippen LogP contribution >= 0.6 is 23.4 Å². The van der Waals surface area contributed by atoms with Crippen molar-refractivity contribution >= 4 is 23.4 Å². The summed E-state index contributed by atoms with van der Waals surface area (Å²) in [7, 11) is 1.89. The molecular weight excluding hydrogens is 256 g/mol. The fourth-order valence-electron chi connectivity index (χ4n) is 2.31. The Morgan fingerprint density at radius 1 is 1.65 bits per heavy atom. The van der Waals surface area contributed by atoms with Crippen molar-refractivity contribution in [3.8, 4) is 0 Å². The molecule has 1 fully saturated rings. The number of aryl methyl sites for hydroxylation is 1. The molecule has 0 radical (unpaired) electrons. The fourth-order valence-corrected chi connectivity index (χ4v) is 3.99. The van der Waals surface area contributed by atoms with Crippen molar-refractivity contribution in [2.24, 2.45) is 12.9 Å². The SMILES string of the molecule is Cn1ncc(Cl)c1C(CSC1CCCC1)NN. The van der Waals surface area contributed by atoms with Gasteiger partial charge >= 0.3 is 0 Å². The zero-order valence-corrected chi connectivity index (χ0v) is 11.6. The molecule has 1 saturated carbocycles. The van der Waals surface area contributed by atoms with E-state index in [4.69, 9.17) is 17.4 Å². The summed E-state index contributed by atoms with van der Waals surface area (Å²) in [6.07, 6.45) is 7.07. The van der Waals surface area contributed by atoms with Crippen LogP contribution in [-0.2, 0) is 7.05 Å². The van der Waals surface area contributed by atoms with Gasteiger partial charge in [0.15, 0.2) is 0 Å². The summed E-state index contributed by atoms with van der Waals surface area (Å²) in [6, 6.07) is 0.0700. The lowest BCUT2D eigenvalue weighted by molar-refractivity contribution is 0.554. The lowest BCUT2D eigenvalue weighted by Gasteiger charge is -2.18. The minimum atomic E-state index is 0.0700. The average molecular weight is 275 g/mol. The smallest absolute Gasteiger partial charge is 0.0834 e. The van der Waals surface area contributed by atoms with E-state index in [1.807, 2.05) is 18.8 Å². The Kier molecular flexibility index (Phi) is 4.73. The Balaban J connectivity index is 1.96. The Morgan fingerprint density at radius 2 is 2.35 bits per heavy atom. The molecule has 1 aliphatic rings. The monoisotopic (exact) mass is 274 g/mol. The van der Waals surface area contributed by atoms with Crippen molar-refractivity contribution in [3.63, 3.8) is 0 Å². The molecule has 2 rings (SSSR count). The van der Waals surface area contributed by atoms with Crippen molar-refractivity contribution in [1.82, 2.24) is 15.2 Å². The number of nitrogens with zero attached hydrogens (tertiary/aromatic N) is 2. The molecule has 96 valence electrons. The molecule has 0 bridgehead atoms. The maximum atomic E-state index is 6.13. The van der Waals surface area contributed by atoms with Gasteiger partial charge in [-0.25, -0.2) is 0 Å². The highest BCUT2D eigenvalue weighted by atomic mass is 35.5. The molecule has 0 aliphatic heterocycles. The van der Waals surface area contributed by atoms with Crippen molar-refractivity contribution < 1.29 is 0 Å². The van der Waals surface area contributed by atoms with Crippen LogP contribution in [-0.4, -0.2) is 20.8 Å². The molecule has 1 heterocycles. The van der Waals surface area contributed by atoms with Crippen LogP contribution in [0.1, 0.15) is 37.4 Å². The number of nitrogens with two attached hydrogens (primary N) is 1. The molecule has 17 heavy (non-hydrogen) atoms. The van der Waals surface area contributed by atoms with Gasteiger partial charge in [-0.3, -0.25) is 16.0 Å². The molecular formula is C11H19ClN4S. The third-order valence-electron chi connectivity index (χ3n) is 3.27. The minimum Gasteiger partial charge on any atom is -0.271 e. The topological polar surface area (TPSA) is 55.9 Å². The number of hydrogen-bond acceptors (Lipinski definition) is 4. The molecule has 6 heteroatoms. The zero-order chi connectivity index (χ0) is 12.3. The lowest BCUT2D eigenvalue weighted by Crippen LogP contribution is -2.31. The van der Waals surface area contributed by atoms with Gasteiger partial charge in [0.1, 0.15) is 0 Å². The van der Waals surface area contributed by atoms with Crippen LogP contribution in [0.2, 0.25) is 5.02 Å². The predicted molar refractivity (Wildman–Crippen MR) is 73.0 cm³/mol. The molecule has 3 N–H and O–H groups in total. The molecule has 0 spiro atoms. The first-order valence-electron chi connectivity index (χ1n) is 5.97. The summed E-state index contributed by atoms with van der Waals surface area (Å²) in [4.78, 5) is 0. The second kappa shape index (κ2) is 6.09. The number of nitrogens with one attached hydrogen (secondary N) is 1. The largest absolute Gasteiger partial charge is 0.271 e. The summed E-state index contributed by atoms with van der Waals surface area (Å²) in [6.45, 7) is 0. The second-order valence-electron chi connectivity index (χ2n) is 4.46. The summed E-state index contributed by atoms with van der Waals surface area (Å²) in [5.41, 5.74) is 3.82. The van der Waals surface area contributed by atoms with Crippen molar-refractivity contribution in [3.05, 3.63) is 16.9 Å². The second-order valence-corrected chi connectivity index (χ2v) is 6.20. The van der Waals surface area contributed by atoms with Gasteiger partial charge in [0, 0.05) is 18.1 Å². The van der Waals surface area contributed by atoms with E-state index in [9.17, 15) is 0 Å². The third-order valence-corrected chi connectivity index (χ3v) is 5.03. The van der Waals surface area contributed by atoms with Gasteiger partial charge < -0.3 is 0 Å². The molecule has 0 aromatic carbocycles. The molecule has 1 aromatic heterocycles. The summed E-state index contributed by atoms with van der Waals surface area (Å²) >= 11 is 8.12. The first kappa shape index (κ1) is 13.2. The summed E-state index contributed by atoms with van der Waals surface area (Å²) < 4.78 is 1.79. The van der Waals surface area contributed by atoms with Gasteiger partial charge in [-0.15, -0.1) is 0 Å². The number of hydrogen-bond donors (Lipinski definition) is 2. The van der Waals surface area contributed by atoms with Crippen LogP contribution in [0.25, 0.3) is 0 Å². The van der Waals surface area contributed by atoms with Crippen molar-refractivity contribution in [2.45, 2.75) is 37.0 Å². The van der Waals surface area contributed by atoms with E-state index in [1.165, 1.54) is 25.7 Å². The lowest BCUT2D eigenvalue weighted by atomic mass is 10.2. The van der Waals surface area contributed by atoms with Gasteiger partial charge in [0.05, 0.1) is 23.0 Å². The van der Waals surface area contributed by atoms with E-state index >= 15 is 0 Å². The third kappa shape index (κ3) is 3.16. The first-order valence-corrected chi connectivity index (χ1v) is 7.40. The van der Waals surface area contributed by atoms with Gasteiger partial charge in [-0.2, -0.15) is 16.9 Å². The highest BCUT2D eigenvalue weighted by molar-refractivity contribution is 7.99. The Bertz CT molecular complexity index is 343. The molecule has 1 atom stereocenters. The molecule has 1 aliphatic carbocycles. The maximum absolute atomic E-state index is 6.13. The molecule has 1 aromatic rings.